The Balaban J connectivity index is 1.39. The predicted octanol–water partition coefficient (Wildman–Crippen LogP) is 4.96. The summed E-state index contributed by atoms with van der Waals surface area (Å²) in [5, 5.41) is 0. The van der Waals surface area contributed by atoms with E-state index in [0.29, 0.717) is 0 Å². The van der Waals surface area contributed by atoms with Crippen molar-refractivity contribution >= 4 is 0 Å². The largest absolute Gasteiger partial charge is 0.463 e. The highest BCUT2D eigenvalue weighted by Gasteiger charge is 2.18. The van der Waals surface area contributed by atoms with E-state index >= 15 is 0 Å². The molecule has 2 heterocycles. The Morgan fingerprint density at radius 1 is 1.23 bits per heavy atom. The first-order valence-corrected chi connectivity index (χ1v) is 11.1. The Morgan fingerprint density at radius 2 is 2.07 bits per heavy atom. The highest BCUT2D eigenvalue weighted by molar-refractivity contribution is 5.37. The van der Waals surface area contributed by atoms with Crippen molar-refractivity contribution in [3.63, 3.8) is 0 Å². The summed E-state index contributed by atoms with van der Waals surface area (Å²) in [6.07, 6.45) is 14.5. The van der Waals surface area contributed by atoms with Crippen LogP contribution in [0.1, 0.15) is 31.7 Å². The topological polar surface area (TPSA) is 19.0 Å². The molecule has 2 aliphatic heterocycles. The first-order chi connectivity index (χ1) is 14.5. The molecule has 0 aromatic heterocycles. The van der Waals surface area contributed by atoms with E-state index in [-0.39, 0.29) is 0 Å². The van der Waals surface area contributed by atoms with Gasteiger partial charge >= 0.3 is 0 Å². The minimum atomic E-state index is 0.924. The third-order valence-corrected chi connectivity index (χ3v) is 6.01. The van der Waals surface area contributed by atoms with Gasteiger partial charge in [-0.1, -0.05) is 36.4 Å². The molecular formula is C26H37N3O. The number of nitrogens with zero attached hydrogens (tertiary/aromatic N) is 3. The number of likely N-dealkylation sites (N-methyl/N-ethyl adjacent to an activating group) is 1. The van der Waals surface area contributed by atoms with Crippen LogP contribution in [0.2, 0.25) is 0 Å². The van der Waals surface area contributed by atoms with Crippen LogP contribution in [0.4, 0.5) is 0 Å². The molecule has 0 saturated heterocycles. The van der Waals surface area contributed by atoms with E-state index in [1.807, 2.05) is 24.5 Å². The number of hydrogen-bond donors (Lipinski definition) is 0. The third-order valence-electron chi connectivity index (χ3n) is 6.01. The smallest absolute Gasteiger partial charge is 0.129 e. The molecule has 4 heteroatoms. The maximum absolute atomic E-state index is 5.87. The average molecular weight is 408 g/mol. The Morgan fingerprint density at radius 3 is 2.87 bits per heavy atom. The van der Waals surface area contributed by atoms with Crippen molar-refractivity contribution in [1.29, 1.82) is 0 Å². The van der Waals surface area contributed by atoms with E-state index in [4.69, 9.17) is 4.74 Å². The lowest BCUT2D eigenvalue weighted by Gasteiger charge is -2.32. The Hall–Kier alpha value is -2.46. The second-order valence-corrected chi connectivity index (χ2v) is 8.43. The molecule has 0 saturated carbocycles. The summed E-state index contributed by atoms with van der Waals surface area (Å²) >= 11 is 0. The molecular weight excluding hydrogens is 370 g/mol. The van der Waals surface area contributed by atoms with Crippen molar-refractivity contribution in [2.75, 3.05) is 46.8 Å². The van der Waals surface area contributed by atoms with Crippen molar-refractivity contribution in [2.24, 2.45) is 0 Å². The fourth-order valence-corrected chi connectivity index (χ4v) is 3.93. The van der Waals surface area contributed by atoms with Gasteiger partial charge in [0.1, 0.15) is 12.0 Å². The molecule has 0 N–H and O–H groups in total. The number of unbranched alkanes of at least 4 members (excludes halogenated alkanes) is 1. The van der Waals surface area contributed by atoms with E-state index < -0.39 is 0 Å². The summed E-state index contributed by atoms with van der Waals surface area (Å²) in [7, 11) is 4.33. The van der Waals surface area contributed by atoms with Gasteiger partial charge in [0.05, 0.1) is 0 Å². The van der Waals surface area contributed by atoms with Crippen LogP contribution in [-0.2, 0) is 0 Å². The zero-order chi connectivity index (χ0) is 21.3. The van der Waals surface area contributed by atoms with E-state index in [2.05, 4.69) is 73.0 Å². The van der Waals surface area contributed by atoms with Gasteiger partial charge in [0.25, 0.3) is 0 Å². The zero-order valence-electron chi connectivity index (χ0n) is 19.1. The van der Waals surface area contributed by atoms with Crippen LogP contribution in [0.5, 0.6) is 5.75 Å². The second kappa shape index (κ2) is 11.1. The number of rotatable bonds is 9. The molecule has 0 fully saturated rings. The molecule has 30 heavy (non-hydrogen) atoms. The van der Waals surface area contributed by atoms with Crippen LogP contribution in [-0.4, -0.2) is 61.5 Å². The maximum atomic E-state index is 5.87. The van der Waals surface area contributed by atoms with Crippen molar-refractivity contribution in [3.05, 3.63) is 77.4 Å². The zero-order valence-corrected chi connectivity index (χ0v) is 19.1. The fourth-order valence-electron chi connectivity index (χ4n) is 3.93. The third kappa shape index (κ3) is 6.27. The van der Waals surface area contributed by atoms with Gasteiger partial charge in [0.15, 0.2) is 0 Å². The van der Waals surface area contributed by atoms with Gasteiger partial charge in [0, 0.05) is 51.7 Å². The Labute approximate surface area is 182 Å². The molecule has 3 rings (SSSR count). The van der Waals surface area contributed by atoms with E-state index in [1.165, 1.54) is 37.2 Å². The highest BCUT2D eigenvalue weighted by Crippen LogP contribution is 2.22. The Bertz CT molecular complexity index is 821. The van der Waals surface area contributed by atoms with Crippen molar-refractivity contribution in [1.82, 2.24) is 14.7 Å². The van der Waals surface area contributed by atoms with E-state index in [0.717, 1.165) is 43.1 Å². The van der Waals surface area contributed by atoms with Gasteiger partial charge in [0.2, 0.25) is 0 Å². The quantitative estimate of drug-likeness (QED) is 0.425. The van der Waals surface area contributed by atoms with Crippen molar-refractivity contribution in [2.45, 2.75) is 33.1 Å². The lowest BCUT2D eigenvalue weighted by molar-refractivity contribution is 0.272. The molecule has 0 spiro atoms. The molecule has 0 unspecified atom stereocenters. The molecule has 0 radical (unpaired) electrons. The van der Waals surface area contributed by atoms with Crippen LogP contribution < -0.4 is 4.74 Å². The lowest BCUT2D eigenvalue weighted by atomic mass is 10.0. The van der Waals surface area contributed by atoms with Crippen molar-refractivity contribution < 1.29 is 4.74 Å². The van der Waals surface area contributed by atoms with Crippen LogP contribution in [0, 0.1) is 6.92 Å². The maximum Gasteiger partial charge on any atom is 0.129 e. The highest BCUT2D eigenvalue weighted by atomic mass is 16.5. The van der Waals surface area contributed by atoms with Crippen LogP contribution in [0.15, 0.2) is 71.8 Å². The number of ether oxygens (including phenoxy) is 1. The summed E-state index contributed by atoms with van der Waals surface area (Å²) in [6, 6.07) is 8.13. The molecule has 0 amide bonds. The number of hydrogen-bond acceptors (Lipinski definition) is 4. The number of aryl methyl sites for hydroxylation is 1. The van der Waals surface area contributed by atoms with Gasteiger partial charge in [-0.25, -0.2) is 0 Å². The van der Waals surface area contributed by atoms with E-state index in [1.54, 1.807) is 0 Å². The van der Waals surface area contributed by atoms with Gasteiger partial charge in [-0.15, -0.1) is 0 Å². The van der Waals surface area contributed by atoms with Gasteiger partial charge in [-0.3, -0.25) is 4.90 Å². The minimum Gasteiger partial charge on any atom is -0.463 e. The first-order valence-electron chi connectivity index (χ1n) is 11.1. The SMILES string of the molecule is C/C(=C/Oc1ccccc1C)N(C)CCCCN1CCC=C(C2=CC=CCN2C)C1. The minimum absolute atomic E-state index is 0.924. The average Bonchev–Trinajstić information content (AvgIpc) is 2.76. The normalized spacial score (nSPS) is 17.6. The molecule has 2 aliphatic rings. The monoisotopic (exact) mass is 407 g/mol. The predicted molar refractivity (Wildman–Crippen MR) is 126 cm³/mol. The van der Waals surface area contributed by atoms with Crippen LogP contribution in [0.25, 0.3) is 0 Å². The Kier molecular flexibility index (Phi) is 8.21. The van der Waals surface area contributed by atoms with Gasteiger partial charge < -0.3 is 14.5 Å². The van der Waals surface area contributed by atoms with Gasteiger partial charge in [-0.05, 0) is 62.9 Å². The van der Waals surface area contributed by atoms with E-state index in [9.17, 15) is 0 Å². The molecule has 0 aliphatic carbocycles. The molecule has 162 valence electrons. The summed E-state index contributed by atoms with van der Waals surface area (Å²) < 4.78 is 5.87. The lowest BCUT2D eigenvalue weighted by Crippen LogP contribution is -2.34. The molecule has 0 atom stereocenters. The molecule has 1 aromatic carbocycles. The number of allylic oxidation sites excluding steroid dienone is 3. The second-order valence-electron chi connectivity index (χ2n) is 8.43. The standard InChI is InChI=1S/C26H37N3O/c1-22-12-5-6-15-26(22)30-21-23(2)27(3)16-9-10-18-29-19-11-13-24(20-29)25-14-7-8-17-28(25)4/h5-8,12-15,21H,9-11,16-20H2,1-4H3/b23-21-. The van der Waals surface area contributed by atoms with Crippen LogP contribution >= 0.6 is 0 Å². The summed E-state index contributed by atoms with van der Waals surface area (Å²) in [6.45, 7) is 9.66. The summed E-state index contributed by atoms with van der Waals surface area (Å²) in [5.41, 5.74) is 5.18. The molecule has 4 nitrogen and oxygen atoms in total. The fraction of sp³-hybridized carbons (Fsp3) is 0.462. The molecule has 0 bridgehead atoms. The first kappa shape index (κ1) is 22.2. The van der Waals surface area contributed by atoms with Crippen LogP contribution in [0.3, 0.4) is 0 Å². The summed E-state index contributed by atoms with van der Waals surface area (Å²) in [4.78, 5) is 7.23. The number of para-hydroxylation sites is 1. The number of benzene rings is 1. The summed E-state index contributed by atoms with van der Waals surface area (Å²) in [5.74, 6) is 0.924. The van der Waals surface area contributed by atoms with Gasteiger partial charge in [-0.2, -0.15) is 0 Å². The molecule has 1 aromatic rings. The van der Waals surface area contributed by atoms with Crippen molar-refractivity contribution in [3.8, 4) is 5.75 Å².